The van der Waals surface area contributed by atoms with Crippen LogP contribution in [0.3, 0.4) is 0 Å². The molecule has 0 atom stereocenters. The fraction of sp³-hybridized carbons (Fsp3) is 0.400. The Morgan fingerprint density at radius 2 is 2.30 bits per heavy atom. The molecule has 2 aromatic heterocycles. The summed E-state index contributed by atoms with van der Waals surface area (Å²) in [6.07, 6.45) is 5.45. The molecule has 0 spiro atoms. The van der Waals surface area contributed by atoms with E-state index in [9.17, 15) is 0 Å². The summed E-state index contributed by atoms with van der Waals surface area (Å²) in [4.78, 5) is 13.5. The minimum Gasteiger partial charge on any atom is -0.376 e. The first-order valence-corrected chi connectivity index (χ1v) is 7.00. The monoisotopic (exact) mass is 270 g/mol. The van der Waals surface area contributed by atoms with Crippen LogP contribution in [0.4, 0.5) is 5.82 Å². The van der Waals surface area contributed by atoms with Crippen molar-refractivity contribution in [3.8, 4) is 11.4 Å². The fourth-order valence-corrected chi connectivity index (χ4v) is 2.25. The van der Waals surface area contributed by atoms with Crippen molar-refractivity contribution in [2.24, 2.45) is 0 Å². The van der Waals surface area contributed by atoms with E-state index in [1.165, 1.54) is 0 Å². The molecule has 1 aliphatic rings. The summed E-state index contributed by atoms with van der Waals surface area (Å²) in [5.41, 5.74) is 3.13. The van der Waals surface area contributed by atoms with Crippen LogP contribution in [-0.4, -0.2) is 28.1 Å². The van der Waals surface area contributed by atoms with E-state index in [1.807, 2.05) is 12.1 Å². The maximum atomic E-state index is 5.53. The van der Waals surface area contributed by atoms with Crippen LogP contribution in [-0.2, 0) is 17.8 Å². The van der Waals surface area contributed by atoms with E-state index in [-0.39, 0.29) is 0 Å². The van der Waals surface area contributed by atoms with Gasteiger partial charge in [0.2, 0.25) is 0 Å². The number of nitrogens with one attached hydrogen (secondary N) is 1. The molecule has 5 heteroatoms. The molecule has 3 heterocycles. The van der Waals surface area contributed by atoms with E-state index in [4.69, 9.17) is 4.74 Å². The zero-order valence-electron chi connectivity index (χ0n) is 11.6. The second kappa shape index (κ2) is 5.96. The van der Waals surface area contributed by atoms with Crippen molar-refractivity contribution in [1.29, 1.82) is 0 Å². The lowest BCUT2D eigenvalue weighted by molar-refractivity contribution is 0.109. The molecular weight excluding hydrogens is 252 g/mol. The second-order valence-electron chi connectivity index (χ2n) is 4.79. The van der Waals surface area contributed by atoms with Gasteiger partial charge < -0.3 is 10.1 Å². The van der Waals surface area contributed by atoms with E-state index in [0.717, 1.165) is 54.5 Å². The quantitative estimate of drug-likeness (QED) is 0.924. The number of pyridine rings is 1. The zero-order chi connectivity index (χ0) is 13.8. The summed E-state index contributed by atoms with van der Waals surface area (Å²) in [5.74, 6) is 1.63. The first kappa shape index (κ1) is 13.0. The second-order valence-corrected chi connectivity index (χ2v) is 4.79. The van der Waals surface area contributed by atoms with Gasteiger partial charge in [-0.25, -0.2) is 9.97 Å². The molecule has 0 saturated heterocycles. The summed E-state index contributed by atoms with van der Waals surface area (Å²) < 4.78 is 5.53. The normalized spacial score (nSPS) is 13.8. The van der Waals surface area contributed by atoms with Gasteiger partial charge in [-0.3, -0.25) is 4.98 Å². The number of ether oxygens (including phenoxy) is 1. The Bertz CT molecular complexity index is 586. The molecule has 0 saturated carbocycles. The highest BCUT2D eigenvalue weighted by Gasteiger charge is 2.18. The van der Waals surface area contributed by atoms with Gasteiger partial charge in [0.1, 0.15) is 5.82 Å². The fourth-order valence-electron chi connectivity index (χ4n) is 2.25. The van der Waals surface area contributed by atoms with E-state index in [2.05, 4.69) is 27.2 Å². The largest absolute Gasteiger partial charge is 0.376 e. The Morgan fingerprint density at radius 1 is 1.35 bits per heavy atom. The van der Waals surface area contributed by atoms with E-state index in [1.54, 1.807) is 12.4 Å². The van der Waals surface area contributed by atoms with Crippen LogP contribution in [0, 0.1) is 0 Å². The van der Waals surface area contributed by atoms with Gasteiger partial charge in [0.25, 0.3) is 0 Å². The molecule has 1 N–H and O–H groups in total. The Balaban J connectivity index is 2.03. The highest BCUT2D eigenvalue weighted by atomic mass is 16.5. The molecule has 5 nitrogen and oxygen atoms in total. The number of hydrogen-bond donors (Lipinski definition) is 1. The maximum absolute atomic E-state index is 5.53. The number of anilines is 1. The smallest absolute Gasteiger partial charge is 0.163 e. The SMILES string of the molecule is CCCNc1nc(-c2cccnc2)nc2c1COCC2. The third kappa shape index (κ3) is 2.63. The molecule has 0 radical (unpaired) electrons. The minimum absolute atomic E-state index is 0.592. The van der Waals surface area contributed by atoms with Gasteiger partial charge >= 0.3 is 0 Å². The average Bonchev–Trinajstić information content (AvgIpc) is 2.53. The highest BCUT2D eigenvalue weighted by molar-refractivity contribution is 5.59. The summed E-state index contributed by atoms with van der Waals surface area (Å²) >= 11 is 0. The predicted octanol–water partition coefficient (Wildman–Crippen LogP) is 2.43. The van der Waals surface area contributed by atoms with E-state index < -0.39 is 0 Å². The summed E-state index contributed by atoms with van der Waals surface area (Å²) in [7, 11) is 0. The average molecular weight is 270 g/mol. The third-order valence-corrected chi connectivity index (χ3v) is 3.28. The van der Waals surface area contributed by atoms with Gasteiger partial charge in [0, 0.05) is 36.5 Å². The molecule has 0 aliphatic carbocycles. The van der Waals surface area contributed by atoms with Crippen molar-refractivity contribution in [3.63, 3.8) is 0 Å². The lowest BCUT2D eigenvalue weighted by atomic mass is 10.1. The van der Waals surface area contributed by atoms with Crippen molar-refractivity contribution >= 4 is 5.82 Å². The molecule has 3 rings (SSSR count). The molecule has 0 unspecified atom stereocenters. The summed E-state index contributed by atoms with van der Waals surface area (Å²) in [5, 5.41) is 3.38. The molecule has 0 amide bonds. The number of rotatable bonds is 4. The standard InChI is InChI=1S/C15H18N4O/c1-2-6-17-15-12-10-20-8-5-13(12)18-14(19-15)11-4-3-7-16-9-11/h3-4,7,9H,2,5-6,8,10H2,1H3,(H,17,18,19). The molecule has 0 fully saturated rings. The van der Waals surface area contributed by atoms with E-state index in [0.29, 0.717) is 6.61 Å². The molecule has 20 heavy (non-hydrogen) atoms. The number of aromatic nitrogens is 3. The zero-order valence-corrected chi connectivity index (χ0v) is 11.6. The third-order valence-electron chi connectivity index (χ3n) is 3.28. The van der Waals surface area contributed by atoms with Crippen LogP contribution in [0.2, 0.25) is 0 Å². The van der Waals surface area contributed by atoms with Crippen LogP contribution in [0.25, 0.3) is 11.4 Å². The highest BCUT2D eigenvalue weighted by Crippen LogP contribution is 2.25. The number of hydrogen-bond acceptors (Lipinski definition) is 5. The van der Waals surface area contributed by atoms with Crippen LogP contribution in [0.15, 0.2) is 24.5 Å². The topological polar surface area (TPSA) is 59.9 Å². The Hall–Kier alpha value is -2.01. The first-order chi connectivity index (χ1) is 9.88. The lowest BCUT2D eigenvalue weighted by Crippen LogP contribution is -2.17. The lowest BCUT2D eigenvalue weighted by Gasteiger charge is -2.20. The van der Waals surface area contributed by atoms with Crippen molar-refractivity contribution in [3.05, 3.63) is 35.8 Å². The number of fused-ring (bicyclic) bond motifs is 1. The van der Waals surface area contributed by atoms with Crippen molar-refractivity contribution < 1.29 is 4.74 Å². The van der Waals surface area contributed by atoms with Gasteiger partial charge in [-0.1, -0.05) is 6.92 Å². The maximum Gasteiger partial charge on any atom is 0.163 e. The molecule has 0 bridgehead atoms. The van der Waals surface area contributed by atoms with Crippen molar-refractivity contribution in [2.75, 3.05) is 18.5 Å². The van der Waals surface area contributed by atoms with Crippen LogP contribution >= 0.6 is 0 Å². The summed E-state index contributed by atoms with van der Waals surface area (Å²) in [6, 6.07) is 3.89. The van der Waals surface area contributed by atoms with E-state index >= 15 is 0 Å². The molecular formula is C15H18N4O. The molecule has 0 aromatic carbocycles. The van der Waals surface area contributed by atoms with Crippen molar-refractivity contribution in [2.45, 2.75) is 26.4 Å². The molecule has 1 aliphatic heterocycles. The van der Waals surface area contributed by atoms with Crippen LogP contribution < -0.4 is 5.32 Å². The summed E-state index contributed by atoms with van der Waals surface area (Å²) in [6.45, 7) is 4.35. The Morgan fingerprint density at radius 3 is 3.10 bits per heavy atom. The van der Waals surface area contributed by atoms with Crippen molar-refractivity contribution in [1.82, 2.24) is 15.0 Å². The predicted molar refractivity (Wildman–Crippen MR) is 77.4 cm³/mol. The molecule has 2 aromatic rings. The van der Waals surface area contributed by atoms with Gasteiger partial charge in [0.15, 0.2) is 5.82 Å². The number of nitrogens with zero attached hydrogens (tertiary/aromatic N) is 3. The first-order valence-electron chi connectivity index (χ1n) is 7.00. The van der Waals surface area contributed by atoms with Gasteiger partial charge in [-0.15, -0.1) is 0 Å². The van der Waals surface area contributed by atoms with Gasteiger partial charge in [0.05, 0.1) is 18.9 Å². The van der Waals surface area contributed by atoms with Gasteiger partial charge in [-0.05, 0) is 18.6 Å². The van der Waals surface area contributed by atoms with Crippen LogP contribution in [0.1, 0.15) is 24.6 Å². The van der Waals surface area contributed by atoms with Gasteiger partial charge in [-0.2, -0.15) is 0 Å². The molecule has 104 valence electrons. The van der Waals surface area contributed by atoms with Crippen LogP contribution in [0.5, 0.6) is 0 Å². The minimum atomic E-state index is 0.592. The Labute approximate surface area is 118 Å². The Kier molecular flexibility index (Phi) is 3.87.